The first-order valence-corrected chi connectivity index (χ1v) is 4.79. The van der Waals surface area contributed by atoms with E-state index in [1.165, 1.54) is 7.05 Å². The van der Waals surface area contributed by atoms with E-state index in [0.29, 0.717) is 5.56 Å². The van der Waals surface area contributed by atoms with Crippen molar-refractivity contribution in [3.8, 4) is 0 Å². The van der Waals surface area contributed by atoms with Crippen LogP contribution in [0.2, 0.25) is 0 Å². The second kappa shape index (κ2) is 4.88. The Morgan fingerprint density at radius 1 is 1.41 bits per heavy atom. The molecule has 1 amide bonds. The number of benzene rings is 1. The number of fused-ring (bicyclic) bond motifs is 1. The van der Waals surface area contributed by atoms with Crippen LogP contribution in [0, 0.1) is 5.41 Å². The lowest BCUT2D eigenvalue weighted by molar-refractivity contribution is 0.0871. The topological polar surface area (TPSA) is 86.0 Å². The van der Waals surface area contributed by atoms with Gasteiger partial charge in [0.2, 0.25) is 0 Å². The zero-order valence-electron chi connectivity index (χ0n) is 9.23. The summed E-state index contributed by atoms with van der Waals surface area (Å²) in [5.74, 6) is -0.546. The molecule has 2 rings (SSSR count). The molecule has 0 unspecified atom stereocenters. The summed E-state index contributed by atoms with van der Waals surface area (Å²) in [6.07, 6.45) is 1.77. The van der Waals surface area contributed by atoms with Crippen LogP contribution >= 0.6 is 12.4 Å². The molecule has 90 valence electrons. The Morgan fingerprint density at radius 3 is 2.76 bits per heavy atom. The molecular formula is C11H13ClN4O. The monoisotopic (exact) mass is 252 g/mol. The molecule has 2 aromatic rings. The average Bonchev–Trinajstić information content (AvgIpc) is 2.74. The number of aromatic amines is 1. The van der Waals surface area contributed by atoms with Crippen molar-refractivity contribution in [2.75, 3.05) is 7.05 Å². The van der Waals surface area contributed by atoms with Gasteiger partial charge in [0, 0.05) is 29.7 Å². The maximum absolute atomic E-state index is 12.0. The minimum atomic E-state index is -0.280. The molecule has 0 saturated carbocycles. The number of aromatic nitrogens is 1. The minimum absolute atomic E-state index is 0. The van der Waals surface area contributed by atoms with E-state index < -0.39 is 0 Å². The zero-order chi connectivity index (χ0) is 11.7. The third-order valence-electron chi connectivity index (χ3n) is 2.49. The van der Waals surface area contributed by atoms with Crippen molar-refractivity contribution in [3.05, 3.63) is 36.0 Å². The van der Waals surface area contributed by atoms with Gasteiger partial charge in [0.05, 0.1) is 0 Å². The molecule has 1 aromatic carbocycles. The predicted octanol–water partition coefficient (Wildman–Crippen LogP) is 1.56. The predicted molar refractivity (Wildman–Crippen MR) is 69.6 cm³/mol. The number of hydrogen-bond acceptors (Lipinski definition) is 2. The van der Waals surface area contributed by atoms with E-state index >= 15 is 0 Å². The molecule has 1 heterocycles. The van der Waals surface area contributed by atoms with Gasteiger partial charge in [0.1, 0.15) is 0 Å². The van der Waals surface area contributed by atoms with Gasteiger partial charge in [-0.15, -0.1) is 12.4 Å². The highest BCUT2D eigenvalue weighted by molar-refractivity contribution is 6.11. The van der Waals surface area contributed by atoms with Gasteiger partial charge in [-0.1, -0.05) is 6.07 Å². The van der Waals surface area contributed by atoms with E-state index in [0.717, 1.165) is 15.8 Å². The van der Waals surface area contributed by atoms with Gasteiger partial charge in [-0.25, -0.2) is 0 Å². The molecule has 6 heteroatoms. The number of nitrogens with two attached hydrogens (primary N) is 1. The van der Waals surface area contributed by atoms with Gasteiger partial charge in [0.25, 0.3) is 5.91 Å². The number of nitrogens with zero attached hydrogens (tertiary/aromatic N) is 1. The number of rotatable bonds is 1. The third-order valence-corrected chi connectivity index (χ3v) is 2.49. The fourth-order valence-corrected chi connectivity index (χ4v) is 1.56. The highest BCUT2D eigenvalue weighted by Crippen LogP contribution is 2.18. The summed E-state index contributed by atoms with van der Waals surface area (Å²) in [4.78, 5) is 16.1. The summed E-state index contributed by atoms with van der Waals surface area (Å²) >= 11 is 0. The Morgan fingerprint density at radius 2 is 2.12 bits per heavy atom. The standard InChI is InChI=1S/C11H12N4O.ClH/c1-15(11(12)13)10(16)8-3-2-4-9-7(8)5-6-14-9;/h2-6,14H,1H3,(H3,12,13);1H. The van der Waals surface area contributed by atoms with Crippen molar-refractivity contribution in [3.63, 3.8) is 0 Å². The van der Waals surface area contributed by atoms with Gasteiger partial charge in [-0.2, -0.15) is 0 Å². The average molecular weight is 253 g/mol. The van der Waals surface area contributed by atoms with Crippen LogP contribution < -0.4 is 5.73 Å². The van der Waals surface area contributed by atoms with Gasteiger partial charge in [0.15, 0.2) is 5.96 Å². The molecular weight excluding hydrogens is 240 g/mol. The molecule has 4 N–H and O–H groups in total. The molecule has 0 spiro atoms. The third kappa shape index (κ3) is 2.24. The van der Waals surface area contributed by atoms with Crippen LogP contribution in [0.3, 0.4) is 0 Å². The van der Waals surface area contributed by atoms with E-state index in [1.807, 2.05) is 12.1 Å². The number of hydrogen-bond donors (Lipinski definition) is 3. The van der Waals surface area contributed by atoms with Crippen LogP contribution in [0.4, 0.5) is 0 Å². The molecule has 0 fully saturated rings. The maximum atomic E-state index is 12.0. The van der Waals surface area contributed by atoms with Crippen molar-refractivity contribution in [1.82, 2.24) is 9.88 Å². The molecule has 1 aromatic heterocycles. The molecule has 0 saturated heterocycles. The van der Waals surface area contributed by atoms with Gasteiger partial charge in [-0.3, -0.25) is 15.1 Å². The summed E-state index contributed by atoms with van der Waals surface area (Å²) in [7, 11) is 1.48. The Kier molecular flexibility index (Phi) is 3.75. The highest BCUT2D eigenvalue weighted by atomic mass is 35.5. The van der Waals surface area contributed by atoms with E-state index in [1.54, 1.807) is 18.3 Å². The van der Waals surface area contributed by atoms with Crippen molar-refractivity contribution < 1.29 is 4.79 Å². The van der Waals surface area contributed by atoms with Crippen LogP contribution in [-0.4, -0.2) is 28.8 Å². The van der Waals surface area contributed by atoms with Gasteiger partial charge < -0.3 is 10.7 Å². The van der Waals surface area contributed by atoms with E-state index in [4.69, 9.17) is 11.1 Å². The molecule has 0 atom stereocenters. The van der Waals surface area contributed by atoms with Crippen molar-refractivity contribution in [2.24, 2.45) is 5.73 Å². The maximum Gasteiger partial charge on any atom is 0.260 e. The number of carbonyl (C=O) groups excluding carboxylic acids is 1. The fraction of sp³-hybridized carbons (Fsp3) is 0.0909. The Hall–Kier alpha value is -2.01. The summed E-state index contributed by atoms with van der Waals surface area (Å²) < 4.78 is 0. The van der Waals surface area contributed by atoms with Crippen molar-refractivity contribution in [2.45, 2.75) is 0 Å². The van der Waals surface area contributed by atoms with Crippen LogP contribution in [-0.2, 0) is 0 Å². The number of halogens is 1. The Balaban J connectivity index is 0.00000144. The number of amides is 1. The van der Waals surface area contributed by atoms with Crippen LogP contribution in [0.5, 0.6) is 0 Å². The van der Waals surface area contributed by atoms with E-state index in [2.05, 4.69) is 4.98 Å². The summed E-state index contributed by atoms with van der Waals surface area (Å²) in [6, 6.07) is 7.23. The summed E-state index contributed by atoms with van der Waals surface area (Å²) in [5, 5.41) is 8.06. The zero-order valence-corrected chi connectivity index (χ0v) is 10.0. The Labute approximate surface area is 105 Å². The Bertz CT molecular complexity index is 563. The molecule has 17 heavy (non-hydrogen) atoms. The lowest BCUT2D eigenvalue weighted by Gasteiger charge is -2.14. The largest absolute Gasteiger partial charge is 0.370 e. The summed E-state index contributed by atoms with van der Waals surface area (Å²) in [5.41, 5.74) is 6.70. The molecule has 0 aliphatic heterocycles. The van der Waals surface area contributed by atoms with E-state index in [9.17, 15) is 4.79 Å². The highest BCUT2D eigenvalue weighted by Gasteiger charge is 2.16. The van der Waals surface area contributed by atoms with E-state index in [-0.39, 0.29) is 24.3 Å². The second-order valence-electron chi connectivity index (χ2n) is 3.49. The van der Waals surface area contributed by atoms with Crippen molar-refractivity contribution in [1.29, 1.82) is 5.41 Å². The molecule has 0 bridgehead atoms. The first-order valence-electron chi connectivity index (χ1n) is 4.79. The molecule has 0 aliphatic rings. The van der Waals surface area contributed by atoms with Gasteiger partial charge in [-0.05, 0) is 18.2 Å². The lowest BCUT2D eigenvalue weighted by Crippen LogP contribution is -2.37. The van der Waals surface area contributed by atoms with Crippen molar-refractivity contribution >= 4 is 35.2 Å². The number of H-pyrrole nitrogens is 1. The molecule has 0 aliphatic carbocycles. The van der Waals surface area contributed by atoms with Gasteiger partial charge >= 0.3 is 0 Å². The summed E-state index contributed by atoms with van der Waals surface area (Å²) in [6.45, 7) is 0. The normalized spacial score (nSPS) is 9.71. The lowest BCUT2D eigenvalue weighted by atomic mass is 10.1. The number of carbonyl (C=O) groups is 1. The number of guanidine groups is 1. The smallest absolute Gasteiger partial charge is 0.260 e. The minimum Gasteiger partial charge on any atom is -0.370 e. The molecule has 0 radical (unpaired) electrons. The van der Waals surface area contributed by atoms with Crippen LogP contribution in [0.15, 0.2) is 30.5 Å². The molecule has 5 nitrogen and oxygen atoms in total. The second-order valence-corrected chi connectivity index (χ2v) is 3.49. The fourth-order valence-electron chi connectivity index (χ4n) is 1.56. The number of nitrogens with one attached hydrogen (secondary N) is 2. The SMILES string of the molecule is CN(C(=N)N)C(=O)c1cccc2[nH]ccc12.Cl. The van der Waals surface area contributed by atoms with Crippen LogP contribution in [0.1, 0.15) is 10.4 Å². The quantitative estimate of drug-likeness (QED) is 0.531. The van der Waals surface area contributed by atoms with Crippen LogP contribution in [0.25, 0.3) is 10.9 Å². The first kappa shape index (κ1) is 13.1. The first-order chi connectivity index (χ1) is 7.61.